The van der Waals surface area contributed by atoms with Crippen LogP contribution in [0.25, 0.3) is 89.5 Å². The van der Waals surface area contributed by atoms with E-state index in [9.17, 15) is 0 Å². The summed E-state index contributed by atoms with van der Waals surface area (Å²) in [5.41, 5.74) is 44.4. The van der Waals surface area contributed by atoms with Gasteiger partial charge in [-0.3, -0.25) is 0 Å². The van der Waals surface area contributed by atoms with Gasteiger partial charge in [-0.1, -0.05) is 216 Å². The molecule has 8 aliphatic carbocycles. The standard InChI is InChI=1S/3C28H32N.C27H30N/c1-20-9-5-6-10-25(20)27-16-26(21(2)19-29(27)3)22-11-12-23-17-28(18-24(23)15-22)13-7-4-8-14-28;1-21-8-4-5-9-26(21)27-19-24(13-17-29(27)2)22-10-11-25-20-28(14-6-3-7-15-28)16-12-23(25)18-22;1-21-8-4-5-9-26(21)27-19-24(13-17-29(27)2)23-11-10-22-12-16-28(20-25(22)18-23)14-6-3-7-15-28;1-19-8-4-5-9-24(19)26-15-25(20(2)18-28(26)3)21-10-11-22-16-27(12-6-7-13-27)17-23(22)14-21/h5-6,9-12,15-16,19H,4,7-8,13-14,17-18H2,1-3H3;2*4-5,8-11,13,17-19H,3,6-7,12,14-16,20H2,1-2H3;4-5,8-11,14-15,18H,6-7,12-13,16-17H2,1-3H3/q4*+1. The maximum atomic E-state index is 2.50. The third-order valence-electron chi connectivity index (χ3n) is 29.7. The highest BCUT2D eigenvalue weighted by Crippen LogP contribution is 2.53. The van der Waals surface area contributed by atoms with E-state index in [4.69, 9.17) is 0 Å². The molecule has 115 heavy (non-hydrogen) atoms. The molecule has 12 aromatic rings. The van der Waals surface area contributed by atoms with E-state index in [2.05, 4.69) is 319 Å². The Hall–Kier alpha value is -9.64. The highest BCUT2D eigenvalue weighted by atomic mass is 14.9. The fraction of sp³-hybridized carbons (Fsp3) is 0.387. The highest BCUT2D eigenvalue weighted by Gasteiger charge is 2.42. The fourth-order valence-electron chi connectivity index (χ4n) is 23.0. The molecule has 0 atom stereocenters. The van der Waals surface area contributed by atoms with Crippen molar-refractivity contribution in [2.24, 2.45) is 49.9 Å². The second-order valence-corrected chi connectivity index (χ2v) is 37.7. The van der Waals surface area contributed by atoms with Crippen LogP contribution in [0.15, 0.2) is 231 Å². The lowest BCUT2D eigenvalue weighted by atomic mass is 9.64. The average Bonchev–Trinajstić information content (AvgIpc) is 1.71. The monoisotopic (exact) mass is 1510 g/mol. The molecule has 4 saturated carbocycles. The van der Waals surface area contributed by atoms with Crippen LogP contribution in [0.1, 0.15) is 213 Å². The van der Waals surface area contributed by atoms with Crippen molar-refractivity contribution in [2.45, 2.75) is 228 Å². The van der Waals surface area contributed by atoms with Gasteiger partial charge in [0.25, 0.3) is 0 Å². The molecule has 0 N–H and O–H groups in total. The zero-order valence-corrected chi connectivity index (χ0v) is 71.2. The predicted molar refractivity (Wildman–Crippen MR) is 479 cm³/mol. The third kappa shape index (κ3) is 16.5. The minimum absolute atomic E-state index is 0.573. The second kappa shape index (κ2) is 33.2. The zero-order chi connectivity index (χ0) is 79.0. The molecule has 4 nitrogen and oxygen atoms in total. The van der Waals surface area contributed by atoms with E-state index in [1.54, 1.807) is 44.5 Å². The summed E-state index contributed by atoms with van der Waals surface area (Å²) in [6.45, 7) is 13.3. The summed E-state index contributed by atoms with van der Waals surface area (Å²) in [7, 11) is 8.60. The van der Waals surface area contributed by atoms with Gasteiger partial charge in [0.05, 0.1) is 0 Å². The first kappa shape index (κ1) is 77.9. The maximum absolute atomic E-state index is 2.50. The van der Waals surface area contributed by atoms with Crippen LogP contribution in [0.3, 0.4) is 0 Å². The Balaban J connectivity index is 0.000000111. The van der Waals surface area contributed by atoms with Gasteiger partial charge in [0.2, 0.25) is 22.8 Å². The number of aryl methyl sites for hydroxylation is 12. The van der Waals surface area contributed by atoms with Gasteiger partial charge in [0, 0.05) is 69.8 Å². The number of hydrogen-bond donors (Lipinski definition) is 0. The molecular formula is C111H126N4+4. The Bertz CT molecular complexity index is 5580. The van der Waals surface area contributed by atoms with E-state index in [1.165, 1.54) is 309 Å². The summed E-state index contributed by atoms with van der Waals surface area (Å²) in [6.07, 6.45) is 49.3. The number of rotatable bonds is 8. The molecular weight excluding hydrogens is 1390 g/mol. The molecule has 8 aliphatic rings. The van der Waals surface area contributed by atoms with Crippen molar-refractivity contribution in [3.8, 4) is 89.5 Å². The van der Waals surface area contributed by atoms with Gasteiger partial charge in [0.1, 0.15) is 28.2 Å². The Morgan fingerprint density at radius 3 is 0.887 bits per heavy atom. The molecule has 4 heterocycles. The van der Waals surface area contributed by atoms with Gasteiger partial charge < -0.3 is 0 Å². The minimum Gasteiger partial charge on any atom is -0.201 e. The third-order valence-corrected chi connectivity index (χ3v) is 29.7. The largest absolute Gasteiger partial charge is 0.213 e. The fourth-order valence-corrected chi connectivity index (χ4v) is 23.0. The highest BCUT2D eigenvalue weighted by molar-refractivity contribution is 5.77. The molecule has 4 fully saturated rings. The number of benzene rings is 8. The van der Waals surface area contributed by atoms with E-state index >= 15 is 0 Å². The lowest BCUT2D eigenvalue weighted by Gasteiger charge is -2.41. The quantitative estimate of drug-likeness (QED) is 0.135. The summed E-state index contributed by atoms with van der Waals surface area (Å²) in [4.78, 5) is 0. The minimum atomic E-state index is 0.573. The van der Waals surface area contributed by atoms with E-state index in [0.29, 0.717) is 21.7 Å². The van der Waals surface area contributed by atoms with Crippen molar-refractivity contribution in [2.75, 3.05) is 0 Å². The van der Waals surface area contributed by atoms with Crippen molar-refractivity contribution in [3.05, 3.63) is 309 Å². The number of fused-ring (bicyclic) bond motifs is 4. The molecule has 0 radical (unpaired) electrons. The van der Waals surface area contributed by atoms with Gasteiger partial charge in [-0.15, -0.1) is 0 Å². The Morgan fingerprint density at radius 2 is 0.487 bits per heavy atom. The lowest BCUT2D eigenvalue weighted by molar-refractivity contribution is -0.660. The molecule has 4 aromatic heterocycles. The van der Waals surface area contributed by atoms with Gasteiger partial charge in [-0.2, -0.15) is 0 Å². The van der Waals surface area contributed by atoms with Gasteiger partial charge in [0.15, 0.2) is 24.8 Å². The Morgan fingerprint density at radius 1 is 0.209 bits per heavy atom. The van der Waals surface area contributed by atoms with Crippen molar-refractivity contribution >= 4 is 0 Å². The first-order valence-electron chi connectivity index (χ1n) is 44.6. The number of hydrogen-bond acceptors (Lipinski definition) is 0. The molecule has 4 spiro atoms. The van der Waals surface area contributed by atoms with E-state index in [0.717, 1.165) is 0 Å². The molecule has 586 valence electrons. The van der Waals surface area contributed by atoms with Crippen LogP contribution in [-0.4, -0.2) is 0 Å². The molecule has 0 amide bonds. The predicted octanol–water partition coefficient (Wildman–Crippen LogP) is 25.8. The number of nitrogens with zero attached hydrogens (tertiary/aromatic N) is 4. The lowest BCUT2D eigenvalue weighted by Crippen LogP contribution is -2.31. The Labute approximate surface area is 689 Å². The van der Waals surface area contributed by atoms with Crippen LogP contribution < -0.4 is 18.3 Å². The van der Waals surface area contributed by atoms with Gasteiger partial charge in [-0.25, -0.2) is 18.3 Å². The van der Waals surface area contributed by atoms with Crippen molar-refractivity contribution < 1.29 is 18.3 Å². The summed E-state index contributed by atoms with van der Waals surface area (Å²) in [6, 6.07) is 77.8. The molecule has 8 aromatic carbocycles. The topological polar surface area (TPSA) is 15.5 Å². The molecule has 4 heteroatoms. The van der Waals surface area contributed by atoms with Crippen LogP contribution in [0, 0.1) is 63.2 Å². The second-order valence-electron chi connectivity index (χ2n) is 37.7. The van der Waals surface area contributed by atoms with Crippen molar-refractivity contribution in [3.63, 3.8) is 0 Å². The van der Waals surface area contributed by atoms with Gasteiger partial charge in [-0.05, 0) is 314 Å². The summed E-state index contributed by atoms with van der Waals surface area (Å²) < 4.78 is 9.01. The molecule has 0 unspecified atom stereocenters. The van der Waals surface area contributed by atoms with E-state index in [1.807, 2.05) is 0 Å². The summed E-state index contributed by atoms with van der Waals surface area (Å²) in [5, 5.41) is 0. The van der Waals surface area contributed by atoms with Gasteiger partial charge >= 0.3 is 0 Å². The number of aromatic nitrogens is 4. The van der Waals surface area contributed by atoms with Crippen LogP contribution in [-0.2, 0) is 79.6 Å². The van der Waals surface area contributed by atoms with Crippen LogP contribution in [0.5, 0.6) is 0 Å². The molecule has 0 saturated heterocycles. The van der Waals surface area contributed by atoms with Crippen molar-refractivity contribution in [1.29, 1.82) is 0 Å². The Kier molecular flexibility index (Phi) is 22.5. The zero-order valence-electron chi connectivity index (χ0n) is 71.2. The van der Waals surface area contributed by atoms with Crippen molar-refractivity contribution in [1.82, 2.24) is 0 Å². The first-order valence-corrected chi connectivity index (χ1v) is 44.6. The van der Waals surface area contributed by atoms with Crippen LogP contribution >= 0.6 is 0 Å². The smallest absolute Gasteiger partial charge is 0.201 e. The maximum Gasteiger partial charge on any atom is 0.213 e. The summed E-state index contributed by atoms with van der Waals surface area (Å²) in [5.74, 6) is 0. The number of pyridine rings is 4. The molecule has 0 bridgehead atoms. The summed E-state index contributed by atoms with van der Waals surface area (Å²) >= 11 is 0. The SMILES string of the molecule is Cc1c[n+](C)c(-c2ccccc2C)cc1-c1ccc2c(c1)CC1(CCCC1)C2.Cc1c[n+](C)c(-c2ccccc2C)cc1-c1ccc2c(c1)CC1(CCCCC1)C2.Cc1ccccc1-c1cc(-c2ccc3c(c2)CC2(CCCCC2)CC3)cc[n+]1C.Cc1ccccc1-c1cc(-c2ccc3c(c2)CCC2(CCCCC2)C3)cc[n+]1C. The van der Waals surface area contributed by atoms with Crippen LogP contribution in [0.2, 0.25) is 0 Å². The normalized spacial score (nSPS) is 17.6. The first-order chi connectivity index (χ1) is 55.9. The average molecular weight is 1520 g/mol. The van der Waals surface area contributed by atoms with E-state index in [-0.39, 0.29) is 0 Å². The molecule has 0 aliphatic heterocycles. The van der Waals surface area contributed by atoms with E-state index < -0.39 is 0 Å². The van der Waals surface area contributed by atoms with Crippen LogP contribution in [0.4, 0.5) is 0 Å². The molecule has 20 rings (SSSR count).